The van der Waals surface area contributed by atoms with Crippen LogP contribution in [0.5, 0.6) is 17.4 Å². The smallest absolute Gasteiger partial charge is 0.468 e. The lowest BCUT2D eigenvalue weighted by molar-refractivity contribution is -0.286. The summed E-state index contributed by atoms with van der Waals surface area (Å²) in [7, 11) is 2.61. The molecule has 0 bridgehead atoms. The zero-order valence-electron chi connectivity index (χ0n) is 23.6. The predicted molar refractivity (Wildman–Crippen MR) is 146 cm³/mol. The zero-order valence-corrected chi connectivity index (χ0v) is 23.6. The second-order valence-corrected chi connectivity index (χ2v) is 10.2. The maximum Gasteiger partial charge on any atom is 0.586 e. The Hall–Kier alpha value is -5.21. The highest BCUT2D eigenvalue weighted by atomic mass is 19.4. The number of methoxy groups -OCH3 is 1. The maximum absolute atomic E-state index is 14.2. The summed E-state index contributed by atoms with van der Waals surface area (Å²) in [5, 5.41) is 3.93. The first kappa shape index (κ1) is 29.8. The van der Waals surface area contributed by atoms with Crippen LogP contribution in [0.15, 0.2) is 60.8 Å². The van der Waals surface area contributed by atoms with Crippen LogP contribution in [-0.4, -0.2) is 47.1 Å². The third kappa shape index (κ3) is 5.72. The lowest BCUT2D eigenvalue weighted by atomic mass is 9.93. The van der Waals surface area contributed by atoms with Gasteiger partial charge in [0.25, 0.3) is 5.91 Å². The highest BCUT2D eigenvalue weighted by molar-refractivity contribution is 6.06. The number of rotatable bonds is 6. The van der Waals surface area contributed by atoms with E-state index in [2.05, 4.69) is 19.6 Å². The van der Waals surface area contributed by atoms with Crippen molar-refractivity contribution in [2.24, 2.45) is 0 Å². The second-order valence-electron chi connectivity index (χ2n) is 10.2. The summed E-state index contributed by atoms with van der Waals surface area (Å²) in [6.45, 7) is 0. The van der Waals surface area contributed by atoms with Crippen LogP contribution in [-0.2, 0) is 17.3 Å². The van der Waals surface area contributed by atoms with Crippen LogP contribution in [0.1, 0.15) is 56.6 Å². The van der Waals surface area contributed by atoms with Crippen LogP contribution >= 0.6 is 0 Å². The number of nitrogens with zero attached hydrogens (tertiary/aromatic N) is 4. The maximum atomic E-state index is 14.2. The number of pyridine rings is 1. The Balaban J connectivity index is 1.35. The van der Waals surface area contributed by atoms with Gasteiger partial charge in [-0.05, 0) is 55.7 Å². The molecule has 6 rings (SSSR count). The highest BCUT2D eigenvalue weighted by Gasteiger charge is 2.44. The number of aromatic nitrogens is 3. The van der Waals surface area contributed by atoms with Crippen molar-refractivity contribution in [3.8, 4) is 23.1 Å². The number of halogens is 5. The Bertz CT molecular complexity index is 1810. The number of hydrogen-bond acceptors (Lipinski definition) is 8. The molecule has 3 heterocycles. The largest absolute Gasteiger partial charge is 0.586 e. The van der Waals surface area contributed by atoms with Gasteiger partial charge in [-0.2, -0.15) is 18.3 Å². The fraction of sp³-hybridized carbons (Fsp3) is 0.267. The Labute approximate surface area is 251 Å². The molecule has 10 nitrogen and oxygen atoms in total. The van der Waals surface area contributed by atoms with Crippen molar-refractivity contribution < 1.29 is 50.5 Å². The summed E-state index contributed by atoms with van der Waals surface area (Å²) >= 11 is 0. The predicted octanol–water partition coefficient (Wildman–Crippen LogP) is 6.13. The van der Waals surface area contributed by atoms with Gasteiger partial charge in [0.15, 0.2) is 17.2 Å². The van der Waals surface area contributed by atoms with E-state index in [1.165, 1.54) is 79.9 Å². The van der Waals surface area contributed by atoms with Gasteiger partial charge in [0.2, 0.25) is 5.88 Å². The molecule has 2 aromatic carbocycles. The van der Waals surface area contributed by atoms with E-state index < -0.39 is 36.1 Å². The molecule has 1 atom stereocenters. The Morgan fingerprint density at radius 2 is 1.82 bits per heavy atom. The minimum absolute atomic E-state index is 0.00380. The topological polar surface area (TPSA) is 105 Å². The van der Waals surface area contributed by atoms with Gasteiger partial charge in [-0.25, -0.2) is 14.5 Å². The number of carbonyl (C=O) groups excluding carboxylic acids is 2. The molecule has 0 fully saturated rings. The average Bonchev–Trinajstić information content (AvgIpc) is 3.57. The molecule has 1 aliphatic carbocycles. The zero-order chi connectivity index (χ0) is 32.1. The molecular weight excluding hydrogens is 607 g/mol. The van der Waals surface area contributed by atoms with E-state index >= 15 is 0 Å². The van der Waals surface area contributed by atoms with E-state index in [1.54, 1.807) is 0 Å². The number of carbonyl (C=O) groups is 2. The summed E-state index contributed by atoms with van der Waals surface area (Å²) in [5.41, 5.74) is -0.406. The lowest BCUT2D eigenvalue weighted by Crippen LogP contribution is -2.26. The fourth-order valence-electron chi connectivity index (χ4n) is 5.27. The van der Waals surface area contributed by atoms with E-state index in [9.17, 15) is 31.5 Å². The number of alkyl halides is 5. The summed E-state index contributed by atoms with van der Waals surface area (Å²) in [6, 6.07) is 12.4. The molecule has 15 heteroatoms. The summed E-state index contributed by atoms with van der Waals surface area (Å²) in [6.07, 6.45) is -7.43. The minimum Gasteiger partial charge on any atom is -0.468 e. The van der Waals surface area contributed by atoms with E-state index in [1.807, 2.05) is 0 Å². The van der Waals surface area contributed by atoms with E-state index in [0.29, 0.717) is 12.8 Å². The first-order valence-corrected chi connectivity index (χ1v) is 13.5. The quantitative estimate of drug-likeness (QED) is 0.185. The summed E-state index contributed by atoms with van der Waals surface area (Å²) in [4.78, 5) is 30.7. The number of hydrogen-bond donors (Lipinski definition) is 0. The third-order valence-corrected chi connectivity index (χ3v) is 7.32. The number of esters is 1. The van der Waals surface area contributed by atoms with Crippen LogP contribution in [0.2, 0.25) is 0 Å². The van der Waals surface area contributed by atoms with Crippen molar-refractivity contribution in [1.82, 2.24) is 14.8 Å². The summed E-state index contributed by atoms with van der Waals surface area (Å²) in [5.74, 6) is -1.67. The minimum atomic E-state index is -4.77. The molecule has 2 aromatic heterocycles. The van der Waals surface area contributed by atoms with Gasteiger partial charge in [-0.15, -0.1) is 8.78 Å². The molecular formula is C30H23F5N4O6. The number of fused-ring (bicyclic) bond motifs is 2. The van der Waals surface area contributed by atoms with Crippen LogP contribution in [0.25, 0.3) is 5.69 Å². The van der Waals surface area contributed by atoms with Crippen molar-refractivity contribution in [3.05, 3.63) is 88.9 Å². The normalized spacial score (nSPS) is 16.6. The standard InChI is InChI=1S/C30H23F5N4O6/c1-38(18-9-10-21-23(15-18)45-30(34,35)44-21)27(40)16-5-3-6-19(13-16)39-25-20(26(37-39)29(31,32)33)7-4-8-22(25)43-24-14-17(11-12-36-24)28(41)42-2/h3,5-6,9-15,22H,4,7-8H2,1-2H3. The lowest BCUT2D eigenvalue weighted by Gasteiger charge is -2.25. The molecule has 45 heavy (non-hydrogen) atoms. The van der Waals surface area contributed by atoms with Gasteiger partial charge in [-0.3, -0.25) is 4.79 Å². The van der Waals surface area contributed by atoms with Crippen LogP contribution in [0, 0.1) is 0 Å². The van der Waals surface area contributed by atoms with Crippen molar-refractivity contribution in [1.29, 1.82) is 0 Å². The molecule has 4 aromatic rings. The number of ether oxygens (including phenoxy) is 4. The molecule has 0 saturated heterocycles. The highest BCUT2D eigenvalue weighted by Crippen LogP contribution is 2.44. The number of amides is 1. The fourth-order valence-corrected chi connectivity index (χ4v) is 5.27. The van der Waals surface area contributed by atoms with Gasteiger partial charge in [0.05, 0.1) is 24.1 Å². The Morgan fingerprint density at radius 1 is 1.04 bits per heavy atom. The van der Waals surface area contributed by atoms with Crippen LogP contribution in [0.3, 0.4) is 0 Å². The molecule has 0 spiro atoms. The van der Waals surface area contributed by atoms with Crippen LogP contribution < -0.4 is 19.1 Å². The first-order valence-electron chi connectivity index (χ1n) is 13.5. The molecule has 0 saturated carbocycles. The first-order chi connectivity index (χ1) is 21.3. The van der Waals surface area contributed by atoms with Crippen molar-refractivity contribution in [2.45, 2.75) is 37.8 Å². The molecule has 1 unspecified atom stereocenters. The third-order valence-electron chi connectivity index (χ3n) is 7.32. The Morgan fingerprint density at radius 3 is 2.58 bits per heavy atom. The number of anilines is 1. The van der Waals surface area contributed by atoms with E-state index in [0.717, 1.165) is 4.68 Å². The van der Waals surface area contributed by atoms with E-state index in [-0.39, 0.29) is 57.6 Å². The van der Waals surface area contributed by atoms with E-state index in [4.69, 9.17) is 9.47 Å². The van der Waals surface area contributed by atoms with Gasteiger partial charge < -0.3 is 23.8 Å². The van der Waals surface area contributed by atoms with Crippen LogP contribution in [0.4, 0.5) is 27.6 Å². The van der Waals surface area contributed by atoms with Gasteiger partial charge in [0, 0.05) is 42.2 Å². The van der Waals surface area contributed by atoms with Gasteiger partial charge >= 0.3 is 18.4 Å². The van der Waals surface area contributed by atoms with Crippen molar-refractivity contribution in [3.63, 3.8) is 0 Å². The average molecular weight is 631 g/mol. The van der Waals surface area contributed by atoms with Crippen molar-refractivity contribution >= 4 is 17.6 Å². The molecule has 234 valence electrons. The van der Waals surface area contributed by atoms with Gasteiger partial charge in [-0.1, -0.05) is 6.07 Å². The molecule has 0 radical (unpaired) electrons. The Kier molecular flexibility index (Phi) is 7.33. The number of benzene rings is 2. The van der Waals surface area contributed by atoms with Gasteiger partial charge in [0.1, 0.15) is 6.10 Å². The summed E-state index contributed by atoms with van der Waals surface area (Å²) < 4.78 is 90.2. The second kappa shape index (κ2) is 11.1. The monoisotopic (exact) mass is 630 g/mol. The molecule has 2 aliphatic rings. The SMILES string of the molecule is COC(=O)c1ccnc(OC2CCCc3c(C(F)(F)F)nn(-c4cccc(C(=O)N(C)c5ccc6c(c5)OC(F)(F)O6)c4)c32)c1. The molecule has 0 N–H and O–H groups in total. The molecule has 1 amide bonds. The molecule has 1 aliphatic heterocycles. The van der Waals surface area contributed by atoms with Crippen molar-refractivity contribution in [2.75, 3.05) is 19.1 Å².